The van der Waals surface area contributed by atoms with Crippen molar-refractivity contribution < 1.29 is 9.52 Å². The number of aromatic nitrogens is 2. The topological polar surface area (TPSA) is 74.4 Å². The summed E-state index contributed by atoms with van der Waals surface area (Å²) in [4.78, 5) is 2.09. The second-order valence-electron chi connectivity index (χ2n) is 5.84. The van der Waals surface area contributed by atoms with E-state index in [-0.39, 0.29) is 6.61 Å². The zero-order chi connectivity index (χ0) is 13.8. The molecule has 6 nitrogen and oxygen atoms in total. The van der Waals surface area contributed by atoms with Gasteiger partial charge < -0.3 is 19.7 Å². The van der Waals surface area contributed by atoms with Gasteiger partial charge in [-0.05, 0) is 25.7 Å². The summed E-state index contributed by atoms with van der Waals surface area (Å²) in [6.45, 7) is 1.34. The number of anilines is 1. The van der Waals surface area contributed by atoms with Crippen molar-refractivity contribution in [1.29, 1.82) is 0 Å². The first-order valence-corrected chi connectivity index (χ1v) is 7.80. The lowest BCUT2D eigenvalue weighted by molar-refractivity contribution is 0.283. The number of nitrogens with one attached hydrogen (secondary N) is 1. The molecule has 0 unspecified atom stereocenters. The molecule has 0 spiro atoms. The summed E-state index contributed by atoms with van der Waals surface area (Å²) < 4.78 is 5.76. The Morgan fingerprint density at radius 3 is 2.65 bits per heavy atom. The van der Waals surface area contributed by atoms with Crippen LogP contribution in [0.5, 0.6) is 0 Å². The number of hydrogen-bond donors (Lipinski definition) is 2. The predicted molar refractivity (Wildman–Crippen MR) is 75.5 cm³/mol. The third-order valence-corrected chi connectivity index (χ3v) is 4.18. The molecule has 6 heteroatoms. The average molecular weight is 280 g/mol. The Kier molecular flexibility index (Phi) is 4.52. The van der Waals surface area contributed by atoms with E-state index in [2.05, 4.69) is 20.4 Å². The third kappa shape index (κ3) is 3.49. The fourth-order valence-corrected chi connectivity index (χ4v) is 2.89. The monoisotopic (exact) mass is 280 g/mol. The van der Waals surface area contributed by atoms with Crippen molar-refractivity contribution in [2.24, 2.45) is 0 Å². The van der Waals surface area contributed by atoms with Gasteiger partial charge in [0.1, 0.15) is 0 Å². The molecule has 1 heterocycles. The number of aliphatic hydroxyl groups is 1. The van der Waals surface area contributed by atoms with E-state index in [1.54, 1.807) is 0 Å². The molecule has 0 bridgehead atoms. The van der Waals surface area contributed by atoms with E-state index in [1.807, 2.05) is 0 Å². The lowest BCUT2D eigenvalue weighted by Crippen LogP contribution is -2.39. The number of nitrogens with zero attached hydrogens (tertiary/aromatic N) is 3. The van der Waals surface area contributed by atoms with Crippen molar-refractivity contribution in [2.75, 3.05) is 18.1 Å². The summed E-state index contributed by atoms with van der Waals surface area (Å²) in [6.07, 6.45) is 8.60. The SMILES string of the molecule is OCCN(c1nnc(CNC2CC2)o1)C1CCCCC1. The van der Waals surface area contributed by atoms with Gasteiger partial charge in [0.25, 0.3) is 0 Å². The molecular weight excluding hydrogens is 256 g/mol. The molecule has 0 radical (unpaired) electrons. The highest BCUT2D eigenvalue weighted by Crippen LogP contribution is 2.26. The molecular formula is C14H24N4O2. The van der Waals surface area contributed by atoms with Crippen molar-refractivity contribution in [3.05, 3.63) is 5.89 Å². The second kappa shape index (κ2) is 6.54. The van der Waals surface area contributed by atoms with Crippen molar-refractivity contribution >= 4 is 6.01 Å². The van der Waals surface area contributed by atoms with Crippen LogP contribution in [-0.4, -0.2) is 40.5 Å². The van der Waals surface area contributed by atoms with Crippen molar-refractivity contribution in [1.82, 2.24) is 15.5 Å². The van der Waals surface area contributed by atoms with Crippen LogP contribution in [-0.2, 0) is 6.54 Å². The quantitative estimate of drug-likeness (QED) is 0.787. The van der Waals surface area contributed by atoms with E-state index in [4.69, 9.17) is 4.42 Å². The molecule has 0 atom stereocenters. The van der Waals surface area contributed by atoms with E-state index in [9.17, 15) is 5.11 Å². The lowest BCUT2D eigenvalue weighted by atomic mass is 9.94. The van der Waals surface area contributed by atoms with Gasteiger partial charge in [0.2, 0.25) is 5.89 Å². The van der Waals surface area contributed by atoms with E-state index in [0.717, 1.165) is 12.8 Å². The van der Waals surface area contributed by atoms with Crippen molar-refractivity contribution in [2.45, 2.75) is 63.6 Å². The summed E-state index contributed by atoms with van der Waals surface area (Å²) in [6, 6.07) is 1.64. The number of hydrogen-bond acceptors (Lipinski definition) is 6. The van der Waals surface area contributed by atoms with Crippen LogP contribution in [0, 0.1) is 0 Å². The molecule has 2 N–H and O–H groups in total. The molecule has 3 rings (SSSR count). The highest BCUT2D eigenvalue weighted by atomic mass is 16.4. The van der Waals surface area contributed by atoms with Gasteiger partial charge in [-0.15, -0.1) is 5.10 Å². The van der Waals surface area contributed by atoms with Gasteiger partial charge in [-0.25, -0.2) is 0 Å². The summed E-state index contributed by atoms with van der Waals surface area (Å²) in [7, 11) is 0. The summed E-state index contributed by atoms with van der Waals surface area (Å²) in [5.74, 6) is 0.644. The Morgan fingerprint density at radius 2 is 1.95 bits per heavy atom. The molecule has 0 aromatic carbocycles. The lowest BCUT2D eigenvalue weighted by Gasteiger charge is -2.32. The van der Waals surface area contributed by atoms with E-state index in [0.29, 0.717) is 37.1 Å². The van der Waals surface area contributed by atoms with Crippen LogP contribution in [0.4, 0.5) is 6.01 Å². The maximum absolute atomic E-state index is 9.28. The molecule has 0 amide bonds. The van der Waals surface area contributed by atoms with E-state index >= 15 is 0 Å². The zero-order valence-corrected chi connectivity index (χ0v) is 11.9. The van der Waals surface area contributed by atoms with Gasteiger partial charge in [0.15, 0.2) is 0 Å². The molecule has 1 aromatic rings. The fraction of sp³-hybridized carbons (Fsp3) is 0.857. The molecule has 0 saturated heterocycles. The molecule has 20 heavy (non-hydrogen) atoms. The maximum Gasteiger partial charge on any atom is 0.318 e. The standard InChI is InChI=1S/C14H24N4O2/c19-9-8-18(12-4-2-1-3-5-12)14-17-16-13(20-14)10-15-11-6-7-11/h11-12,15,19H,1-10H2. The van der Waals surface area contributed by atoms with Gasteiger partial charge in [-0.2, -0.15) is 0 Å². The molecule has 0 aliphatic heterocycles. The van der Waals surface area contributed by atoms with Crippen LogP contribution in [0.3, 0.4) is 0 Å². The van der Waals surface area contributed by atoms with E-state index in [1.165, 1.54) is 32.1 Å². The summed E-state index contributed by atoms with van der Waals surface area (Å²) in [5, 5.41) is 20.9. The van der Waals surface area contributed by atoms with Crippen LogP contribution in [0.25, 0.3) is 0 Å². The minimum Gasteiger partial charge on any atom is -0.407 e. The molecule has 2 fully saturated rings. The van der Waals surface area contributed by atoms with Crippen LogP contribution in [0.2, 0.25) is 0 Å². The predicted octanol–water partition coefficient (Wildman–Crippen LogP) is 1.45. The van der Waals surface area contributed by atoms with E-state index < -0.39 is 0 Å². The summed E-state index contributed by atoms with van der Waals surface area (Å²) in [5.41, 5.74) is 0. The number of rotatable bonds is 7. The fourth-order valence-electron chi connectivity index (χ4n) is 2.89. The second-order valence-corrected chi connectivity index (χ2v) is 5.84. The first kappa shape index (κ1) is 13.8. The molecule has 1 aromatic heterocycles. The van der Waals surface area contributed by atoms with Crippen LogP contribution in [0.15, 0.2) is 4.42 Å². The molecule has 112 valence electrons. The van der Waals surface area contributed by atoms with Crippen molar-refractivity contribution in [3.63, 3.8) is 0 Å². The van der Waals surface area contributed by atoms with Gasteiger partial charge in [0.05, 0.1) is 13.2 Å². The van der Waals surface area contributed by atoms with Gasteiger partial charge in [-0.1, -0.05) is 24.4 Å². The largest absolute Gasteiger partial charge is 0.407 e. The average Bonchev–Trinajstić information content (AvgIpc) is 3.21. The maximum atomic E-state index is 9.28. The van der Waals surface area contributed by atoms with Crippen LogP contribution in [0.1, 0.15) is 50.8 Å². The highest BCUT2D eigenvalue weighted by Gasteiger charge is 2.26. The van der Waals surface area contributed by atoms with Gasteiger partial charge >= 0.3 is 6.01 Å². The van der Waals surface area contributed by atoms with Crippen LogP contribution < -0.4 is 10.2 Å². The van der Waals surface area contributed by atoms with Gasteiger partial charge in [0, 0.05) is 18.6 Å². The Morgan fingerprint density at radius 1 is 1.15 bits per heavy atom. The number of aliphatic hydroxyl groups excluding tert-OH is 1. The third-order valence-electron chi connectivity index (χ3n) is 4.18. The smallest absolute Gasteiger partial charge is 0.318 e. The first-order valence-electron chi connectivity index (χ1n) is 7.80. The Balaban J connectivity index is 1.62. The van der Waals surface area contributed by atoms with Gasteiger partial charge in [-0.3, -0.25) is 0 Å². The molecule has 2 aliphatic rings. The highest BCUT2D eigenvalue weighted by molar-refractivity contribution is 5.26. The molecule has 2 saturated carbocycles. The Hall–Kier alpha value is -1.14. The Bertz CT molecular complexity index is 413. The first-order chi connectivity index (χ1) is 9.86. The summed E-state index contributed by atoms with van der Waals surface area (Å²) >= 11 is 0. The molecule has 2 aliphatic carbocycles. The van der Waals surface area contributed by atoms with Crippen molar-refractivity contribution in [3.8, 4) is 0 Å². The minimum atomic E-state index is 0.120. The Labute approximate surface area is 119 Å². The minimum absolute atomic E-state index is 0.120. The zero-order valence-electron chi connectivity index (χ0n) is 11.9. The normalized spacial score (nSPS) is 20.2. The van der Waals surface area contributed by atoms with Crippen LogP contribution >= 0.6 is 0 Å².